The predicted molar refractivity (Wildman–Crippen MR) is 53.6 cm³/mol. The van der Waals surface area contributed by atoms with E-state index in [9.17, 15) is 4.39 Å². The van der Waals surface area contributed by atoms with Crippen molar-refractivity contribution in [2.75, 3.05) is 5.73 Å². The maximum atomic E-state index is 13.0. The van der Waals surface area contributed by atoms with Gasteiger partial charge in [0.05, 0.1) is 16.1 Å². The Morgan fingerprint density at radius 2 is 2.31 bits per heavy atom. The Balaban J connectivity index is 2.75. The van der Waals surface area contributed by atoms with E-state index < -0.39 is 6.17 Å². The van der Waals surface area contributed by atoms with Crippen LogP contribution < -0.4 is 5.73 Å². The SMILES string of the molecule is CC(F)c1nsc2c(N)cccc12. The number of nitrogens with two attached hydrogens (primary N) is 1. The quantitative estimate of drug-likeness (QED) is 0.712. The number of nitrogen functional groups attached to an aromatic ring is 1. The summed E-state index contributed by atoms with van der Waals surface area (Å²) in [5.74, 6) is 0. The van der Waals surface area contributed by atoms with E-state index in [0.717, 1.165) is 10.1 Å². The molecule has 0 saturated carbocycles. The molecular weight excluding hydrogens is 187 g/mol. The number of rotatable bonds is 1. The van der Waals surface area contributed by atoms with Crippen molar-refractivity contribution < 1.29 is 4.39 Å². The molecule has 13 heavy (non-hydrogen) atoms. The fourth-order valence-corrected chi connectivity index (χ4v) is 2.17. The zero-order valence-corrected chi connectivity index (χ0v) is 7.94. The van der Waals surface area contributed by atoms with Crippen molar-refractivity contribution >= 4 is 27.3 Å². The Labute approximate surface area is 79.3 Å². The minimum absolute atomic E-state index is 0.493. The predicted octanol–water partition coefficient (Wildman–Crippen LogP) is 2.91. The van der Waals surface area contributed by atoms with Crippen LogP contribution in [0.15, 0.2) is 18.2 Å². The molecule has 2 rings (SSSR count). The third kappa shape index (κ3) is 1.27. The highest BCUT2D eigenvalue weighted by Crippen LogP contribution is 2.31. The summed E-state index contributed by atoms with van der Waals surface area (Å²) in [5.41, 5.74) is 6.88. The first-order chi connectivity index (χ1) is 6.20. The molecule has 4 heteroatoms. The third-order valence-corrected chi connectivity index (χ3v) is 2.86. The molecule has 0 bridgehead atoms. The molecule has 1 aromatic carbocycles. The second-order valence-electron chi connectivity index (χ2n) is 2.91. The first-order valence-electron chi connectivity index (χ1n) is 3.98. The number of nitrogens with zero attached hydrogens (tertiary/aromatic N) is 1. The van der Waals surface area contributed by atoms with Crippen LogP contribution in [0, 0.1) is 0 Å². The van der Waals surface area contributed by atoms with E-state index in [1.165, 1.54) is 18.5 Å². The van der Waals surface area contributed by atoms with Crippen LogP contribution in [0.25, 0.3) is 10.1 Å². The van der Waals surface area contributed by atoms with Gasteiger partial charge in [-0.3, -0.25) is 0 Å². The van der Waals surface area contributed by atoms with Crippen LogP contribution in [0.5, 0.6) is 0 Å². The highest BCUT2D eigenvalue weighted by Gasteiger charge is 2.12. The Kier molecular flexibility index (Phi) is 1.92. The molecule has 1 aromatic heterocycles. The number of hydrogen-bond donors (Lipinski definition) is 1. The summed E-state index contributed by atoms with van der Waals surface area (Å²) >= 11 is 1.25. The molecule has 1 atom stereocenters. The molecule has 0 aliphatic carbocycles. The second-order valence-corrected chi connectivity index (χ2v) is 3.68. The first kappa shape index (κ1) is 8.44. The normalized spacial score (nSPS) is 13.4. The largest absolute Gasteiger partial charge is 0.398 e. The van der Waals surface area contributed by atoms with Gasteiger partial charge in [-0.05, 0) is 24.5 Å². The van der Waals surface area contributed by atoms with E-state index in [1.807, 2.05) is 12.1 Å². The zero-order chi connectivity index (χ0) is 9.42. The van der Waals surface area contributed by atoms with Gasteiger partial charge >= 0.3 is 0 Å². The van der Waals surface area contributed by atoms with Gasteiger partial charge in [-0.1, -0.05) is 12.1 Å². The van der Waals surface area contributed by atoms with Gasteiger partial charge in [-0.25, -0.2) is 4.39 Å². The van der Waals surface area contributed by atoms with Crippen LogP contribution in [0.3, 0.4) is 0 Å². The summed E-state index contributed by atoms with van der Waals surface area (Å²) in [5, 5.41) is 0.833. The minimum atomic E-state index is -1.03. The molecule has 1 unspecified atom stereocenters. The average Bonchev–Trinajstić information content (AvgIpc) is 2.48. The highest BCUT2D eigenvalue weighted by atomic mass is 32.1. The summed E-state index contributed by atoms with van der Waals surface area (Å²) < 4.78 is 18.0. The lowest BCUT2D eigenvalue weighted by molar-refractivity contribution is 0.370. The van der Waals surface area contributed by atoms with Crippen LogP contribution in [0.4, 0.5) is 10.1 Å². The molecule has 68 valence electrons. The van der Waals surface area contributed by atoms with Crippen molar-refractivity contribution in [3.8, 4) is 0 Å². The van der Waals surface area contributed by atoms with Crippen molar-refractivity contribution in [1.29, 1.82) is 0 Å². The van der Waals surface area contributed by atoms with Crippen LogP contribution in [-0.4, -0.2) is 4.37 Å². The average molecular weight is 196 g/mol. The van der Waals surface area contributed by atoms with E-state index in [-0.39, 0.29) is 0 Å². The number of halogens is 1. The van der Waals surface area contributed by atoms with Crippen LogP contribution in [0.1, 0.15) is 18.8 Å². The van der Waals surface area contributed by atoms with Gasteiger partial charge in [0.25, 0.3) is 0 Å². The Hall–Kier alpha value is -1.16. The molecule has 2 nitrogen and oxygen atoms in total. The number of fused-ring (bicyclic) bond motifs is 1. The molecule has 2 aromatic rings. The minimum Gasteiger partial charge on any atom is -0.398 e. The monoisotopic (exact) mass is 196 g/mol. The number of alkyl halides is 1. The number of hydrogen-bond acceptors (Lipinski definition) is 3. The van der Waals surface area contributed by atoms with Crippen molar-refractivity contribution in [3.05, 3.63) is 23.9 Å². The van der Waals surface area contributed by atoms with Crippen LogP contribution in [-0.2, 0) is 0 Å². The van der Waals surface area contributed by atoms with E-state index in [4.69, 9.17) is 5.73 Å². The van der Waals surface area contributed by atoms with Gasteiger partial charge in [-0.2, -0.15) is 4.37 Å². The molecule has 0 spiro atoms. The lowest BCUT2D eigenvalue weighted by Crippen LogP contribution is -1.86. The highest BCUT2D eigenvalue weighted by molar-refractivity contribution is 7.14. The van der Waals surface area contributed by atoms with Gasteiger partial charge in [0.15, 0.2) is 0 Å². The van der Waals surface area contributed by atoms with E-state index >= 15 is 0 Å². The van der Waals surface area contributed by atoms with Crippen molar-refractivity contribution in [2.24, 2.45) is 0 Å². The van der Waals surface area contributed by atoms with Gasteiger partial charge in [0.2, 0.25) is 0 Å². The smallest absolute Gasteiger partial charge is 0.141 e. The maximum absolute atomic E-state index is 13.0. The molecule has 0 aliphatic rings. The fourth-order valence-electron chi connectivity index (χ4n) is 1.29. The summed E-state index contributed by atoms with van der Waals surface area (Å²) in [6.07, 6.45) is -1.03. The number of anilines is 1. The van der Waals surface area contributed by atoms with Crippen molar-refractivity contribution in [1.82, 2.24) is 4.37 Å². The van der Waals surface area contributed by atoms with Gasteiger partial charge < -0.3 is 5.73 Å². The molecule has 0 fully saturated rings. The van der Waals surface area contributed by atoms with Crippen LogP contribution >= 0.6 is 11.5 Å². The molecule has 0 saturated heterocycles. The van der Waals surface area contributed by atoms with E-state index in [2.05, 4.69) is 4.37 Å². The Morgan fingerprint density at radius 3 is 3.00 bits per heavy atom. The van der Waals surface area contributed by atoms with Gasteiger partial charge in [-0.15, -0.1) is 0 Å². The topological polar surface area (TPSA) is 38.9 Å². The van der Waals surface area contributed by atoms with E-state index in [0.29, 0.717) is 11.4 Å². The van der Waals surface area contributed by atoms with Crippen molar-refractivity contribution in [3.63, 3.8) is 0 Å². The van der Waals surface area contributed by atoms with E-state index in [1.54, 1.807) is 6.07 Å². The lowest BCUT2D eigenvalue weighted by Gasteiger charge is -1.97. The first-order valence-corrected chi connectivity index (χ1v) is 4.75. The fraction of sp³-hybridized carbons (Fsp3) is 0.222. The molecule has 0 radical (unpaired) electrons. The molecule has 2 N–H and O–H groups in total. The second kappa shape index (κ2) is 2.96. The standard InChI is InChI=1S/C9H9FN2S/c1-5(10)8-6-3-2-4-7(11)9(6)13-12-8/h2-5H,11H2,1H3. The maximum Gasteiger partial charge on any atom is 0.141 e. The molecule has 0 amide bonds. The number of benzene rings is 1. The summed E-state index contributed by atoms with van der Waals surface area (Å²) in [4.78, 5) is 0. The summed E-state index contributed by atoms with van der Waals surface area (Å²) in [7, 11) is 0. The van der Waals surface area contributed by atoms with Gasteiger partial charge in [0, 0.05) is 5.39 Å². The van der Waals surface area contributed by atoms with Crippen LogP contribution in [0.2, 0.25) is 0 Å². The third-order valence-electron chi connectivity index (χ3n) is 1.93. The number of aromatic nitrogens is 1. The summed E-state index contributed by atoms with van der Waals surface area (Å²) in [6, 6.07) is 5.46. The van der Waals surface area contributed by atoms with Crippen molar-refractivity contribution in [2.45, 2.75) is 13.1 Å². The zero-order valence-electron chi connectivity index (χ0n) is 7.12. The molecular formula is C9H9FN2S. The molecule has 0 aliphatic heterocycles. The summed E-state index contributed by atoms with van der Waals surface area (Å²) in [6.45, 7) is 1.48. The Bertz CT molecular complexity index is 436. The Morgan fingerprint density at radius 1 is 1.54 bits per heavy atom. The van der Waals surface area contributed by atoms with Gasteiger partial charge in [0.1, 0.15) is 6.17 Å². The molecule has 1 heterocycles. The lowest BCUT2D eigenvalue weighted by atomic mass is 10.1.